The van der Waals surface area contributed by atoms with Crippen molar-refractivity contribution >= 4 is 10.0 Å². The molecular formula is C25H33N5O4S. The van der Waals surface area contributed by atoms with E-state index in [2.05, 4.69) is 15.0 Å². The third-order valence-electron chi connectivity index (χ3n) is 6.12. The summed E-state index contributed by atoms with van der Waals surface area (Å²) in [5.41, 5.74) is 2.87. The maximum Gasteiger partial charge on any atom is 0.240 e. The minimum absolute atomic E-state index is 0.0837. The number of aliphatic hydroxyl groups is 1. The lowest BCUT2D eigenvalue weighted by Crippen LogP contribution is -2.50. The van der Waals surface area contributed by atoms with Crippen LogP contribution in [0.1, 0.15) is 25.0 Å². The molecule has 10 heteroatoms. The molecule has 1 aromatic heterocycles. The van der Waals surface area contributed by atoms with Crippen LogP contribution in [-0.4, -0.2) is 72.4 Å². The second-order valence-corrected chi connectivity index (χ2v) is 10.9. The topological polar surface area (TPSA) is 110 Å². The third kappa shape index (κ3) is 6.74. The summed E-state index contributed by atoms with van der Waals surface area (Å²) >= 11 is 0. The summed E-state index contributed by atoms with van der Waals surface area (Å²) in [5, 5.41) is 18.2. The molecule has 4 rings (SSSR count). The van der Waals surface area contributed by atoms with E-state index in [0.717, 1.165) is 23.4 Å². The van der Waals surface area contributed by atoms with E-state index in [9.17, 15) is 13.5 Å². The molecule has 1 fully saturated rings. The van der Waals surface area contributed by atoms with Crippen LogP contribution >= 0.6 is 0 Å². The molecule has 0 radical (unpaired) electrons. The van der Waals surface area contributed by atoms with Crippen molar-refractivity contribution in [1.82, 2.24) is 24.6 Å². The largest absolute Gasteiger partial charge is 0.394 e. The van der Waals surface area contributed by atoms with Crippen molar-refractivity contribution in [3.05, 3.63) is 66.5 Å². The predicted octanol–water partition coefficient (Wildman–Crippen LogP) is 2.28. The first kappa shape index (κ1) is 25.5. The van der Waals surface area contributed by atoms with Crippen LogP contribution in [0.2, 0.25) is 0 Å². The summed E-state index contributed by atoms with van der Waals surface area (Å²) < 4.78 is 36.6. The number of hydrogen-bond donors (Lipinski definition) is 2. The van der Waals surface area contributed by atoms with Crippen LogP contribution < -0.4 is 4.72 Å². The first-order valence-corrected chi connectivity index (χ1v) is 13.3. The summed E-state index contributed by atoms with van der Waals surface area (Å²) in [4.78, 5) is 2.22. The molecule has 0 unspecified atom stereocenters. The van der Waals surface area contributed by atoms with Crippen LogP contribution in [0.3, 0.4) is 0 Å². The molecule has 35 heavy (non-hydrogen) atoms. The van der Waals surface area contributed by atoms with E-state index in [1.807, 2.05) is 55.5 Å². The van der Waals surface area contributed by atoms with Gasteiger partial charge >= 0.3 is 0 Å². The van der Waals surface area contributed by atoms with E-state index in [4.69, 9.17) is 4.74 Å². The Bertz CT molecular complexity index is 1180. The molecule has 0 saturated carbocycles. The highest BCUT2D eigenvalue weighted by Gasteiger charge is 2.34. The Morgan fingerprint density at radius 1 is 1.09 bits per heavy atom. The molecule has 2 N–H and O–H groups in total. The Kier molecular flexibility index (Phi) is 8.30. The highest BCUT2D eigenvalue weighted by atomic mass is 32.2. The molecule has 3 atom stereocenters. The Balaban J connectivity index is 1.33. The van der Waals surface area contributed by atoms with Gasteiger partial charge in [-0.05, 0) is 56.6 Å². The number of aryl methyl sites for hydroxylation is 1. The number of hydrogen-bond acceptors (Lipinski definition) is 7. The first-order chi connectivity index (χ1) is 16.8. The van der Waals surface area contributed by atoms with Gasteiger partial charge in [-0.25, -0.2) is 13.1 Å². The first-order valence-electron chi connectivity index (χ1n) is 11.8. The number of benzene rings is 2. The number of rotatable bonds is 10. The SMILES string of the molecule is CN(C)Cc1cn(CC[C@H]2CC[C@H](NS(=O)(=O)c3ccc(-c4ccccc4)cc3)[C@@H](CO)O2)nn1. The molecule has 3 aromatic rings. The zero-order valence-corrected chi connectivity index (χ0v) is 20.9. The van der Waals surface area contributed by atoms with E-state index in [-0.39, 0.29) is 17.6 Å². The second-order valence-electron chi connectivity index (χ2n) is 9.17. The summed E-state index contributed by atoms with van der Waals surface area (Å²) in [5.74, 6) is 0. The van der Waals surface area contributed by atoms with Gasteiger partial charge in [-0.2, -0.15) is 0 Å². The number of nitrogens with zero attached hydrogens (tertiary/aromatic N) is 4. The number of aliphatic hydroxyl groups excluding tert-OH is 1. The molecule has 1 saturated heterocycles. The van der Waals surface area contributed by atoms with Crippen LogP contribution in [0.25, 0.3) is 11.1 Å². The molecule has 9 nitrogen and oxygen atoms in total. The average molecular weight is 500 g/mol. The molecular weight excluding hydrogens is 466 g/mol. The second kappa shape index (κ2) is 11.4. The van der Waals surface area contributed by atoms with Crippen molar-refractivity contribution in [3.8, 4) is 11.1 Å². The highest BCUT2D eigenvalue weighted by molar-refractivity contribution is 7.89. The van der Waals surface area contributed by atoms with Gasteiger partial charge in [-0.1, -0.05) is 47.7 Å². The van der Waals surface area contributed by atoms with Crippen LogP contribution in [0.4, 0.5) is 0 Å². The molecule has 188 valence electrons. The van der Waals surface area contributed by atoms with Gasteiger partial charge in [0.05, 0.1) is 35.4 Å². The van der Waals surface area contributed by atoms with Crippen LogP contribution in [-0.2, 0) is 27.8 Å². The van der Waals surface area contributed by atoms with E-state index < -0.39 is 22.2 Å². The summed E-state index contributed by atoms with van der Waals surface area (Å²) in [7, 11) is 0.212. The summed E-state index contributed by atoms with van der Waals surface area (Å²) in [6.45, 7) is 1.11. The van der Waals surface area contributed by atoms with Crippen LogP contribution in [0, 0.1) is 0 Å². The van der Waals surface area contributed by atoms with Crippen molar-refractivity contribution in [2.45, 2.75) is 55.5 Å². The lowest BCUT2D eigenvalue weighted by molar-refractivity contribution is -0.0891. The van der Waals surface area contributed by atoms with Gasteiger partial charge < -0.3 is 14.7 Å². The molecule has 0 amide bonds. The fraction of sp³-hybridized carbons (Fsp3) is 0.440. The lowest BCUT2D eigenvalue weighted by Gasteiger charge is -2.36. The maximum absolute atomic E-state index is 13.0. The van der Waals surface area contributed by atoms with Crippen molar-refractivity contribution in [1.29, 1.82) is 0 Å². The quantitative estimate of drug-likeness (QED) is 0.440. The smallest absolute Gasteiger partial charge is 0.240 e. The number of aromatic nitrogens is 3. The highest BCUT2D eigenvalue weighted by Crippen LogP contribution is 2.25. The number of nitrogens with one attached hydrogen (secondary N) is 1. The van der Waals surface area contributed by atoms with Gasteiger partial charge in [0.15, 0.2) is 0 Å². The Hall–Kier alpha value is -2.63. The van der Waals surface area contributed by atoms with Crippen LogP contribution in [0.15, 0.2) is 65.7 Å². The monoisotopic (exact) mass is 499 g/mol. The Labute approximate surface area is 206 Å². The normalized spacial score (nSPS) is 20.9. The zero-order chi connectivity index (χ0) is 24.8. The fourth-order valence-electron chi connectivity index (χ4n) is 4.32. The minimum atomic E-state index is -3.75. The predicted molar refractivity (Wildman–Crippen MR) is 133 cm³/mol. The van der Waals surface area contributed by atoms with E-state index >= 15 is 0 Å². The minimum Gasteiger partial charge on any atom is -0.394 e. The lowest BCUT2D eigenvalue weighted by atomic mass is 9.98. The van der Waals surface area contributed by atoms with Crippen molar-refractivity contribution in [3.63, 3.8) is 0 Å². The molecule has 0 bridgehead atoms. The molecule has 2 aromatic carbocycles. The van der Waals surface area contributed by atoms with Crippen molar-refractivity contribution < 1.29 is 18.3 Å². The molecule has 2 heterocycles. The molecule has 1 aliphatic rings. The van der Waals surface area contributed by atoms with E-state index in [0.29, 0.717) is 25.8 Å². The van der Waals surface area contributed by atoms with Gasteiger partial charge in [0.2, 0.25) is 10.0 Å². The Morgan fingerprint density at radius 2 is 1.80 bits per heavy atom. The van der Waals surface area contributed by atoms with E-state index in [1.54, 1.807) is 28.9 Å². The van der Waals surface area contributed by atoms with Gasteiger partial charge in [0.1, 0.15) is 0 Å². The van der Waals surface area contributed by atoms with Gasteiger partial charge in [-0.15, -0.1) is 5.10 Å². The van der Waals surface area contributed by atoms with Gasteiger partial charge in [0, 0.05) is 19.3 Å². The molecule has 1 aliphatic heterocycles. The van der Waals surface area contributed by atoms with Crippen LogP contribution in [0.5, 0.6) is 0 Å². The number of ether oxygens (including phenoxy) is 1. The standard InChI is InChI=1S/C25H33N5O4S/c1-29(2)16-21-17-30(28-26-21)15-14-22-10-13-24(25(18-31)34-22)27-35(32,33)23-11-8-20(9-12-23)19-6-4-3-5-7-19/h3-9,11-12,17,22,24-25,27,31H,10,13-16,18H2,1-2H3/t22-,24+,25-/m1/s1. The van der Waals surface area contributed by atoms with Crippen molar-refractivity contribution in [2.75, 3.05) is 20.7 Å². The molecule has 0 aliphatic carbocycles. The molecule has 0 spiro atoms. The fourth-order valence-corrected chi connectivity index (χ4v) is 5.62. The average Bonchev–Trinajstić information content (AvgIpc) is 3.30. The zero-order valence-electron chi connectivity index (χ0n) is 20.1. The summed E-state index contributed by atoms with van der Waals surface area (Å²) in [6.07, 6.45) is 3.22. The maximum atomic E-state index is 13.0. The van der Waals surface area contributed by atoms with Gasteiger partial charge in [-0.3, -0.25) is 4.68 Å². The number of sulfonamides is 1. The Morgan fingerprint density at radius 3 is 2.49 bits per heavy atom. The summed E-state index contributed by atoms with van der Waals surface area (Å²) in [6, 6.07) is 16.1. The third-order valence-corrected chi connectivity index (χ3v) is 7.62. The van der Waals surface area contributed by atoms with Gasteiger partial charge in [0.25, 0.3) is 0 Å². The van der Waals surface area contributed by atoms with Crippen molar-refractivity contribution in [2.24, 2.45) is 0 Å². The van der Waals surface area contributed by atoms with E-state index in [1.165, 1.54) is 0 Å².